The zero-order chi connectivity index (χ0) is 27.0. The van der Waals surface area contributed by atoms with E-state index in [1.165, 1.54) is 56.1 Å². The van der Waals surface area contributed by atoms with Crippen LogP contribution in [0.25, 0.3) is 0 Å². The summed E-state index contributed by atoms with van der Waals surface area (Å²) in [6.45, 7) is 19.7. The number of carboxylic acid groups (broad SMARTS) is 1. The second-order valence-electron chi connectivity index (χ2n) is 15.2. The van der Waals surface area contributed by atoms with Crippen LogP contribution in [0.2, 0.25) is 0 Å². The highest BCUT2D eigenvalue weighted by atomic mass is 16.4. The number of aldehydes is 1. The van der Waals surface area contributed by atoms with Gasteiger partial charge in [0.1, 0.15) is 6.29 Å². The van der Waals surface area contributed by atoms with Crippen molar-refractivity contribution in [2.75, 3.05) is 6.54 Å². The summed E-state index contributed by atoms with van der Waals surface area (Å²) in [6.07, 6.45) is 13.1. The number of rotatable bonds is 5. The molecule has 4 nitrogen and oxygen atoms in total. The minimum Gasteiger partial charge on any atom is -0.481 e. The Hall–Kier alpha value is -1.45. The number of hydrogen-bond donors (Lipinski definition) is 1. The van der Waals surface area contributed by atoms with Crippen molar-refractivity contribution in [3.05, 3.63) is 12.2 Å². The molecule has 0 aromatic rings. The van der Waals surface area contributed by atoms with Crippen LogP contribution in [0.3, 0.4) is 0 Å². The van der Waals surface area contributed by atoms with Crippen molar-refractivity contribution in [2.24, 2.45) is 61.7 Å². The largest absolute Gasteiger partial charge is 0.481 e. The number of aliphatic carboxylic acids is 1. The number of carbonyl (C=O) groups is 2. The monoisotopic (exact) mass is 509 g/mol. The van der Waals surface area contributed by atoms with Gasteiger partial charge in [-0.3, -0.25) is 9.79 Å². The Morgan fingerprint density at radius 3 is 2.35 bits per heavy atom. The van der Waals surface area contributed by atoms with Gasteiger partial charge in [-0.2, -0.15) is 0 Å². The summed E-state index contributed by atoms with van der Waals surface area (Å²) in [5.41, 5.74) is 3.27. The van der Waals surface area contributed by atoms with E-state index in [0.29, 0.717) is 36.1 Å². The van der Waals surface area contributed by atoms with E-state index in [1.54, 1.807) is 0 Å². The van der Waals surface area contributed by atoms with Gasteiger partial charge in [0.05, 0.1) is 6.42 Å². The van der Waals surface area contributed by atoms with E-state index in [4.69, 9.17) is 10.1 Å². The lowest BCUT2D eigenvalue weighted by atomic mass is 9.32. The predicted molar refractivity (Wildman–Crippen MR) is 150 cm³/mol. The number of nitrogens with zero attached hydrogens (tertiary/aromatic N) is 1. The van der Waals surface area contributed by atoms with Gasteiger partial charge in [-0.1, -0.05) is 46.8 Å². The quantitative estimate of drug-likeness (QED) is 0.304. The molecule has 5 aliphatic carbocycles. The zero-order valence-corrected chi connectivity index (χ0v) is 24.4. The first-order valence-corrected chi connectivity index (χ1v) is 15.1. The fraction of sp³-hybridized carbons (Fsp3) is 0.848. The van der Waals surface area contributed by atoms with Crippen LogP contribution in [0, 0.1) is 56.7 Å². The molecule has 0 spiro atoms. The average Bonchev–Trinajstić information content (AvgIpc) is 3.21. The van der Waals surface area contributed by atoms with Gasteiger partial charge in [0.2, 0.25) is 0 Å². The molecular weight excluding hydrogens is 458 g/mol. The van der Waals surface area contributed by atoms with Gasteiger partial charge in [0.15, 0.2) is 0 Å². The van der Waals surface area contributed by atoms with E-state index in [2.05, 4.69) is 48.1 Å². The molecule has 5 aliphatic rings. The predicted octanol–water partition coefficient (Wildman–Crippen LogP) is 7.76. The van der Waals surface area contributed by atoms with Crippen LogP contribution in [-0.2, 0) is 9.59 Å². The minimum atomic E-state index is -0.761. The molecule has 0 amide bonds. The summed E-state index contributed by atoms with van der Waals surface area (Å²) in [4.78, 5) is 28.6. The number of carboxylic acids is 1. The third-order valence-corrected chi connectivity index (χ3v) is 13.8. The van der Waals surface area contributed by atoms with E-state index in [0.717, 1.165) is 25.7 Å². The lowest BCUT2D eigenvalue weighted by Crippen LogP contribution is -2.66. The van der Waals surface area contributed by atoms with Crippen LogP contribution in [0.1, 0.15) is 112 Å². The van der Waals surface area contributed by atoms with Crippen molar-refractivity contribution in [3.63, 3.8) is 0 Å². The maximum atomic E-state index is 12.7. The number of aliphatic imine (C=N–C) groups is 1. The fourth-order valence-corrected chi connectivity index (χ4v) is 11.8. The molecule has 1 N–H and O–H groups in total. The normalized spacial score (nSPS) is 49.4. The molecule has 9 atom stereocenters. The number of carbonyl (C=O) groups excluding carboxylic acids is 1. The maximum absolute atomic E-state index is 12.7. The van der Waals surface area contributed by atoms with Crippen molar-refractivity contribution in [2.45, 2.75) is 112 Å². The van der Waals surface area contributed by atoms with Crippen molar-refractivity contribution in [1.29, 1.82) is 0 Å². The molecule has 4 heteroatoms. The lowest BCUT2D eigenvalue weighted by molar-refractivity contribution is -0.225. The third-order valence-electron chi connectivity index (χ3n) is 13.8. The van der Waals surface area contributed by atoms with Crippen molar-refractivity contribution in [1.82, 2.24) is 0 Å². The molecular formula is C33H51NO3. The van der Waals surface area contributed by atoms with E-state index < -0.39 is 5.97 Å². The highest BCUT2D eigenvalue weighted by Gasteiger charge is 2.70. The van der Waals surface area contributed by atoms with Crippen LogP contribution in [-0.4, -0.2) is 29.6 Å². The summed E-state index contributed by atoms with van der Waals surface area (Å²) in [6, 6.07) is 0. The summed E-state index contributed by atoms with van der Waals surface area (Å²) in [7, 11) is 0. The highest BCUT2D eigenvalue weighted by Crippen LogP contribution is 2.77. The molecule has 0 radical (unpaired) electrons. The lowest BCUT2D eigenvalue weighted by Gasteiger charge is -2.72. The summed E-state index contributed by atoms with van der Waals surface area (Å²) in [5, 5.41) is 9.12. The van der Waals surface area contributed by atoms with Crippen LogP contribution in [0.5, 0.6) is 0 Å². The van der Waals surface area contributed by atoms with Crippen LogP contribution >= 0.6 is 0 Å². The first-order valence-electron chi connectivity index (χ1n) is 15.1. The van der Waals surface area contributed by atoms with Gasteiger partial charge in [0.25, 0.3) is 0 Å². The molecule has 0 aliphatic heterocycles. The molecule has 5 fully saturated rings. The number of allylic oxidation sites excluding steroid dienone is 1. The van der Waals surface area contributed by atoms with Crippen LogP contribution in [0.4, 0.5) is 0 Å². The summed E-state index contributed by atoms with van der Waals surface area (Å²) < 4.78 is 0. The second-order valence-corrected chi connectivity index (χ2v) is 15.2. The van der Waals surface area contributed by atoms with Gasteiger partial charge in [-0.05, 0) is 117 Å². The standard InChI is InChI=1S/C33H51NO3/c1-21(2)22-10-16-33(20-35)18-17-31(6)23(28(22)33)8-9-25-30(5)14-12-26(34-19-13-27(36)37)29(3,4)24(30)11-15-32(25,31)7/h20,22-25,28H,1,8-19H2,2-7H3,(H,36,37)/t22-,23+,24-,25+,28+,30-,31+,32+,33+/m0/s1. The first-order chi connectivity index (χ1) is 17.3. The average molecular weight is 510 g/mol. The molecule has 0 aromatic heterocycles. The van der Waals surface area contributed by atoms with Crippen molar-refractivity contribution < 1.29 is 14.7 Å². The molecule has 37 heavy (non-hydrogen) atoms. The molecule has 5 rings (SSSR count). The molecule has 0 bridgehead atoms. The second kappa shape index (κ2) is 8.78. The van der Waals surface area contributed by atoms with Gasteiger partial charge in [-0.15, -0.1) is 0 Å². The Bertz CT molecular complexity index is 1010. The molecule has 0 heterocycles. The third kappa shape index (κ3) is 3.62. The Morgan fingerprint density at radius 2 is 1.70 bits per heavy atom. The van der Waals surface area contributed by atoms with Gasteiger partial charge in [0, 0.05) is 23.1 Å². The van der Waals surface area contributed by atoms with E-state index in [9.17, 15) is 9.59 Å². The molecule has 206 valence electrons. The van der Waals surface area contributed by atoms with E-state index in [1.807, 2.05) is 0 Å². The Balaban J connectivity index is 1.48. The van der Waals surface area contributed by atoms with Gasteiger partial charge >= 0.3 is 5.97 Å². The smallest absolute Gasteiger partial charge is 0.305 e. The summed E-state index contributed by atoms with van der Waals surface area (Å²) >= 11 is 0. The van der Waals surface area contributed by atoms with E-state index >= 15 is 0 Å². The van der Waals surface area contributed by atoms with Crippen LogP contribution in [0.15, 0.2) is 17.1 Å². The van der Waals surface area contributed by atoms with Gasteiger partial charge < -0.3 is 9.90 Å². The highest BCUT2D eigenvalue weighted by molar-refractivity contribution is 5.91. The SMILES string of the molecule is C=C(C)[C@@H]1CC[C@]2(C=O)CC[C@]3(C)[C@H](CC[C@@H]4[C@@]5(C)CCC(=NCCC(=O)O)C(C)(C)[C@@H]5CC[C@]43C)[C@@H]12. The van der Waals surface area contributed by atoms with Crippen molar-refractivity contribution >= 4 is 18.0 Å². The van der Waals surface area contributed by atoms with E-state index in [-0.39, 0.29) is 33.5 Å². The van der Waals surface area contributed by atoms with Gasteiger partial charge in [-0.25, -0.2) is 0 Å². The topological polar surface area (TPSA) is 66.7 Å². The fourth-order valence-electron chi connectivity index (χ4n) is 11.8. The number of hydrogen-bond acceptors (Lipinski definition) is 3. The zero-order valence-electron chi connectivity index (χ0n) is 24.4. The Morgan fingerprint density at radius 1 is 0.973 bits per heavy atom. The molecule has 0 unspecified atom stereocenters. The number of fused-ring (bicyclic) bond motifs is 7. The molecule has 0 aromatic carbocycles. The molecule has 5 saturated carbocycles. The Labute approximate surface area is 225 Å². The molecule has 0 saturated heterocycles. The maximum Gasteiger partial charge on any atom is 0.305 e. The Kier molecular flexibility index (Phi) is 6.44. The van der Waals surface area contributed by atoms with Crippen molar-refractivity contribution in [3.8, 4) is 0 Å². The first kappa shape index (κ1) is 27.1. The minimum absolute atomic E-state index is 0.0142. The summed E-state index contributed by atoms with van der Waals surface area (Å²) in [5.74, 6) is 2.10. The van der Waals surface area contributed by atoms with Crippen LogP contribution < -0.4 is 0 Å².